The molecule has 0 saturated carbocycles. The molecule has 1 aliphatic rings. The Morgan fingerprint density at radius 2 is 1.26 bits per heavy atom. The maximum absolute atomic E-state index is 5.38. The van der Waals surface area contributed by atoms with Crippen LogP contribution in [-0.4, -0.2) is 4.98 Å². The van der Waals surface area contributed by atoms with Gasteiger partial charge in [0.05, 0.1) is 28.3 Å². The number of hydrogen-bond donors (Lipinski definition) is 0. The molecule has 0 aliphatic carbocycles. The van der Waals surface area contributed by atoms with Gasteiger partial charge in [-0.05, 0) is 72.1 Å². The molecule has 0 N–H and O–H groups in total. The molecule has 4 heteroatoms. The van der Waals surface area contributed by atoms with Crippen molar-refractivity contribution in [2.45, 2.75) is 16.7 Å². The lowest BCUT2D eigenvalue weighted by Crippen LogP contribution is -2.15. The van der Waals surface area contributed by atoms with Crippen LogP contribution in [0.2, 0.25) is 0 Å². The monoisotopic (exact) mass is 570 g/mol. The zero-order valence-corrected chi connectivity index (χ0v) is 23.1. The summed E-state index contributed by atoms with van der Waals surface area (Å²) in [6.07, 6.45) is 0. The molecule has 0 fully saturated rings. The summed E-state index contributed by atoms with van der Waals surface area (Å²) in [5.74, 6) is 0. The van der Waals surface area contributed by atoms with Crippen molar-refractivity contribution in [3.8, 4) is 22.4 Å². The van der Waals surface area contributed by atoms with E-state index in [1.165, 1.54) is 43.2 Å². The number of pyridine rings is 1. The van der Waals surface area contributed by atoms with Gasteiger partial charge in [-0.2, -0.15) is 0 Å². The van der Waals surface area contributed by atoms with Gasteiger partial charge in [-0.25, -0.2) is 4.98 Å². The van der Waals surface area contributed by atoms with Gasteiger partial charge in [-0.1, -0.05) is 100 Å². The first-order valence-electron chi connectivity index (χ1n) is 12.6. The molecule has 2 heterocycles. The number of halogens is 1. The van der Waals surface area contributed by atoms with Crippen LogP contribution in [0.1, 0.15) is 5.56 Å². The summed E-state index contributed by atoms with van der Waals surface area (Å²) in [5, 5.41) is 1.18. The summed E-state index contributed by atoms with van der Waals surface area (Å²) in [5.41, 5.74) is 10.1. The molecule has 5 aromatic carbocycles. The highest BCUT2D eigenvalue weighted by Gasteiger charge is 2.27. The van der Waals surface area contributed by atoms with Gasteiger partial charge in [-0.3, -0.25) is 0 Å². The molecule has 0 atom stereocenters. The third kappa shape index (κ3) is 3.92. The molecule has 0 unspecified atom stereocenters. The Kier molecular flexibility index (Phi) is 5.80. The second-order valence-corrected chi connectivity index (χ2v) is 11.4. The Morgan fingerprint density at radius 1 is 0.632 bits per heavy atom. The summed E-state index contributed by atoms with van der Waals surface area (Å²) < 4.78 is 1.06. The molecule has 0 amide bonds. The van der Waals surface area contributed by atoms with E-state index in [1.54, 1.807) is 0 Å². The first-order chi connectivity index (χ1) is 18.7. The van der Waals surface area contributed by atoms with Crippen LogP contribution in [-0.2, 0) is 0 Å². The number of nitrogens with zero attached hydrogens (tertiary/aromatic N) is 2. The Labute approximate surface area is 235 Å². The number of anilines is 3. The van der Waals surface area contributed by atoms with Gasteiger partial charge in [0.1, 0.15) is 0 Å². The van der Waals surface area contributed by atoms with E-state index in [4.69, 9.17) is 4.98 Å². The number of fused-ring (bicyclic) bond motifs is 3. The van der Waals surface area contributed by atoms with Crippen LogP contribution in [0.15, 0.2) is 136 Å². The van der Waals surface area contributed by atoms with Crippen molar-refractivity contribution in [2.75, 3.05) is 4.90 Å². The van der Waals surface area contributed by atoms with Crippen LogP contribution in [0.3, 0.4) is 0 Å². The van der Waals surface area contributed by atoms with Gasteiger partial charge in [-0.15, -0.1) is 0 Å². The molecule has 182 valence electrons. The van der Waals surface area contributed by atoms with Gasteiger partial charge in [0, 0.05) is 25.2 Å². The molecule has 1 aliphatic heterocycles. The number of hydrogen-bond acceptors (Lipinski definition) is 3. The lowest BCUT2D eigenvalue weighted by molar-refractivity contribution is 1.17. The lowest BCUT2D eigenvalue weighted by Gasteiger charge is -2.33. The zero-order chi connectivity index (χ0) is 25.6. The van der Waals surface area contributed by atoms with Gasteiger partial charge in [0.25, 0.3) is 0 Å². The number of rotatable bonds is 3. The predicted octanol–water partition coefficient (Wildman–Crippen LogP) is 10.6. The minimum atomic E-state index is 0.962. The number of aromatic nitrogens is 1. The van der Waals surface area contributed by atoms with Crippen molar-refractivity contribution >= 4 is 55.7 Å². The Morgan fingerprint density at radius 3 is 1.95 bits per heavy atom. The summed E-state index contributed by atoms with van der Waals surface area (Å²) in [7, 11) is 0. The third-order valence-electron chi connectivity index (χ3n) is 7.05. The van der Waals surface area contributed by atoms with Crippen molar-refractivity contribution in [1.82, 2.24) is 4.98 Å². The van der Waals surface area contributed by atoms with Crippen LogP contribution < -0.4 is 4.90 Å². The first kappa shape index (κ1) is 23.3. The van der Waals surface area contributed by atoms with Crippen LogP contribution in [0, 0.1) is 6.92 Å². The Bertz CT molecular complexity index is 1770. The molecular weight excluding hydrogens is 548 g/mol. The highest BCUT2D eigenvalue weighted by atomic mass is 79.9. The minimum absolute atomic E-state index is 0.962. The molecule has 0 spiro atoms. The highest BCUT2D eigenvalue weighted by molar-refractivity contribution is 9.10. The highest BCUT2D eigenvalue weighted by Crippen LogP contribution is 2.52. The van der Waals surface area contributed by atoms with Gasteiger partial charge < -0.3 is 4.90 Å². The van der Waals surface area contributed by atoms with Crippen molar-refractivity contribution in [2.24, 2.45) is 0 Å². The molecule has 7 rings (SSSR count). The maximum Gasteiger partial charge on any atom is 0.0958 e. The van der Waals surface area contributed by atoms with E-state index in [9.17, 15) is 0 Å². The standard InChI is InChI=1S/C34H23BrN2S/c1-22-15-20-30(37-28-11-5-7-13-31(28)38-32-14-8-6-12-29(32)37)34-33(22)26(23-9-3-2-4-10-23)21-27(36-34)24-16-18-25(35)19-17-24/h2-21H,1H3. The smallest absolute Gasteiger partial charge is 0.0958 e. The molecule has 6 aromatic rings. The average molecular weight is 572 g/mol. The topological polar surface area (TPSA) is 16.1 Å². The quantitative estimate of drug-likeness (QED) is 0.210. The number of para-hydroxylation sites is 2. The molecular formula is C34H23BrN2S. The maximum atomic E-state index is 5.38. The van der Waals surface area contributed by atoms with E-state index in [1.807, 2.05) is 11.8 Å². The predicted molar refractivity (Wildman–Crippen MR) is 164 cm³/mol. The van der Waals surface area contributed by atoms with Crippen LogP contribution in [0.25, 0.3) is 33.3 Å². The van der Waals surface area contributed by atoms with E-state index in [-0.39, 0.29) is 0 Å². The van der Waals surface area contributed by atoms with Crippen LogP contribution in [0.5, 0.6) is 0 Å². The SMILES string of the molecule is Cc1ccc(N2c3ccccc3Sc3ccccc32)c2nc(-c3ccc(Br)cc3)cc(-c3ccccc3)c12. The fourth-order valence-corrected chi connectivity index (χ4v) is 6.58. The largest absolute Gasteiger partial charge is 0.306 e. The summed E-state index contributed by atoms with van der Waals surface area (Å²) in [6, 6.07) is 43.1. The summed E-state index contributed by atoms with van der Waals surface area (Å²) in [4.78, 5) is 10.3. The van der Waals surface area contributed by atoms with E-state index in [0.29, 0.717) is 0 Å². The zero-order valence-electron chi connectivity index (χ0n) is 20.7. The van der Waals surface area contributed by atoms with Crippen molar-refractivity contribution in [3.63, 3.8) is 0 Å². The summed E-state index contributed by atoms with van der Waals surface area (Å²) in [6.45, 7) is 2.19. The van der Waals surface area contributed by atoms with Gasteiger partial charge >= 0.3 is 0 Å². The molecule has 38 heavy (non-hydrogen) atoms. The number of aryl methyl sites for hydroxylation is 1. The Hall–Kier alpha value is -3.86. The van der Waals surface area contributed by atoms with Crippen LogP contribution >= 0.6 is 27.7 Å². The molecule has 2 nitrogen and oxygen atoms in total. The van der Waals surface area contributed by atoms with E-state index in [2.05, 4.69) is 149 Å². The van der Waals surface area contributed by atoms with E-state index >= 15 is 0 Å². The lowest BCUT2D eigenvalue weighted by atomic mass is 9.94. The average Bonchev–Trinajstić information content (AvgIpc) is 2.97. The Balaban J connectivity index is 1.58. The number of benzene rings is 5. The second kappa shape index (κ2) is 9.46. The molecule has 0 saturated heterocycles. The van der Waals surface area contributed by atoms with Gasteiger partial charge in [0.2, 0.25) is 0 Å². The van der Waals surface area contributed by atoms with E-state index in [0.717, 1.165) is 26.9 Å². The summed E-state index contributed by atoms with van der Waals surface area (Å²) >= 11 is 5.41. The van der Waals surface area contributed by atoms with Crippen molar-refractivity contribution in [3.05, 3.63) is 131 Å². The van der Waals surface area contributed by atoms with Gasteiger partial charge in [0.15, 0.2) is 0 Å². The van der Waals surface area contributed by atoms with Crippen LogP contribution in [0.4, 0.5) is 17.1 Å². The fraction of sp³-hybridized carbons (Fsp3) is 0.0294. The second-order valence-electron chi connectivity index (χ2n) is 9.43. The minimum Gasteiger partial charge on any atom is -0.306 e. The first-order valence-corrected chi connectivity index (χ1v) is 14.2. The fourth-order valence-electron chi connectivity index (χ4n) is 5.25. The molecule has 1 aromatic heterocycles. The molecule has 0 bridgehead atoms. The van der Waals surface area contributed by atoms with Crippen molar-refractivity contribution in [1.29, 1.82) is 0 Å². The molecule has 0 radical (unpaired) electrons. The normalized spacial score (nSPS) is 12.3. The third-order valence-corrected chi connectivity index (χ3v) is 8.70. The van der Waals surface area contributed by atoms with Crippen molar-refractivity contribution < 1.29 is 0 Å². The van der Waals surface area contributed by atoms with E-state index < -0.39 is 0 Å².